The van der Waals surface area contributed by atoms with Crippen LogP contribution >= 0.6 is 27.7 Å². The molecule has 0 saturated carbocycles. The predicted octanol–water partition coefficient (Wildman–Crippen LogP) is 8.29. The van der Waals surface area contributed by atoms with E-state index in [4.69, 9.17) is 0 Å². The fourth-order valence-corrected chi connectivity index (χ4v) is 4.16. The standard InChI is InChI=1S/C23H27BrS/c1-7-16(2)25-22(20-10-8-9-11-21(20)24)17(3)18-12-14-19(15-13-18)23(4,5)6/h7-15H,1-6H3/b16-7-,22-17+. The Morgan fingerprint density at radius 2 is 1.56 bits per heavy atom. The third-order valence-corrected chi connectivity index (χ3v) is 6.29. The topological polar surface area (TPSA) is 0 Å². The van der Waals surface area contributed by atoms with Gasteiger partial charge in [0.2, 0.25) is 0 Å². The van der Waals surface area contributed by atoms with E-state index in [0.29, 0.717) is 0 Å². The molecule has 2 rings (SSSR count). The van der Waals surface area contributed by atoms with Crippen LogP contribution in [0.1, 0.15) is 58.2 Å². The maximum Gasteiger partial charge on any atom is 0.0259 e. The van der Waals surface area contributed by atoms with Crippen molar-refractivity contribution in [3.63, 3.8) is 0 Å². The number of halogens is 1. The van der Waals surface area contributed by atoms with E-state index in [2.05, 4.69) is 112 Å². The van der Waals surface area contributed by atoms with Crippen molar-refractivity contribution < 1.29 is 0 Å². The van der Waals surface area contributed by atoms with Gasteiger partial charge in [-0.25, -0.2) is 0 Å². The van der Waals surface area contributed by atoms with Gasteiger partial charge in [-0.1, -0.05) is 97.0 Å². The average molecular weight is 415 g/mol. The van der Waals surface area contributed by atoms with Gasteiger partial charge in [0.05, 0.1) is 0 Å². The highest BCUT2D eigenvalue weighted by Gasteiger charge is 2.15. The van der Waals surface area contributed by atoms with Crippen LogP contribution in [-0.2, 0) is 5.41 Å². The minimum absolute atomic E-state index is 0.178. The van der Waals surface area contributed by atoms with Crippen LogP contribution in [0.5, 0.6) is 0 Å². The maximum absolute atomic E-state index is 3.72. The normalized spacial score (nSPS) is 13.6. The second-order valence-corrected chi connectivity index (χ2v) is 9.37. The summed E-state index contributed by atoms with van der Waals surface area (Å²) in [7, 11) is 0. The molecular weight excluding hydrogens is 388 g/mol. The van der Waals surface area contributed by atoms with Gasteiger partial charge >= 0.3 is 0 Å². The summed E-state index contributed by atoms with van der Waals surface area (Å²) in [6.45, 7) is 13.2. The van der Waals surface area contributed by atoms with E-state index >= 15 is 0 Å². The minimum Gasteiger partial charge on any atom is -0.0942 e. The molecule has 0 nitrogen and oxygen atoms in total. The van der Waals surface area contributed by atoms with Gasteiger partial charge in [-0.15, -0.1) is 0 Å². The van der Waals surface area contributed by atoms with Crippen molar-refractivity contribution in [3.8, 4) is 0 Å². The van der Waals surface area contributed by atoms with E-state index in [1.807, 2.05) is 11.8 Å². The summed E-state index contributed by atoms with van der Waals surface area (Å²) in [4.78, 5) is 2.60. The molecule has 0 radical (unpaired) electrons. The number of benzene rings is 2. The van der Waals surface area contributed by atoms with Crippen LogP contribution in [0.15, 0.2) is 64.0 Å². The van der Waals surface area contributed by atoms with Gasteiger partial charge in [0.1, 0.15) is 0 Å². The first-order valence-electron chi connectivity index (χ1n) is 8.61. The van der Waals surface area contributed by atoms with E-state index in [9.17, 15) is 0 Å². The first kappa shape index (κ1) is 20.1. The summed E-state index contributed by atoms with van der Waals surface area (Å²) in [6, 6.07) is 17.5. The maximum atomic E-state index is 3.72. The lowest BCUT2D eigenvalue weighted by Crippen LogP contribution is -2.10. The largest absolute Gasteiger partial charge is 0.0942 e. The summed E-state index contributed by atoms with van der Waals surface area (Å²) in [5.74, 6) is 0. The molecule has 25 heavy (non-hydrogen) atoms. The summed E-state index contributed by atoms with van der Waals surface area (Å²) in [5, 5.41) is 0. The van der Waals surface area contributed by atoms with Gasteiger partial charge in [-0.2, -0.15) is 0 Å². The van der Waals surface area contributed by atoms with E-state index < -0.39 is 0 Å². The summed E-state index contributed by atoms with van der Waals surface area (Å²) < 4.78 is 1.13. The molecule has 2 aromatic carbocycles. The highest BCUT2D eigenvalue weighted by atomic mass is 79.9. The molecule has 0 bridgehead atoms. The van der Waals surface area contributed by atoms with Gasteiger partial charge in [0, 0.05) is 14.9 Å². The number of hydrogen-bond acceptors (Lipinski definition) is 1. The molecule has 0 aliphatic carbocycles. The van der Waals surface area contributed by atoms with Crippen LogP contribution < -0.4 is 0 Å². The van der Waals surface area contributed by atoms with Crippen LogP contribution in [0, 0.1) is 0 Å². The SMILES string of the molecule is C/C=C(/C)S/C(=C(\C)c1ccc(C(C)(C)C)cc1)c1ccccc1Br. The Bertz CT molecular complexity index is 790. The zero-order chi connectivity index (χ0) is 18.6. The molecular formula is C23H27BrS. The highest BCUT2D eigenvalue weighted by molar-refractivity contribution is 9.10. The lowest BCUT2D eigenvalue weighted by atomic mass is 9.86. The van der Waals surface area contributed by atoms with Gasteiger partial charge in [0.25, 0.3) is 0 Å². The Morgan fingerprint density at radius 3 is 2.08 bits per heavy atom. The van der Waals surface area contributed by atoms with E-state index in [1.165, 1.54) is 32.1 Å². The molecule has 0 aromatic heterocycles. The monoisotopic (exact) mass is 414 g/mol. The predicted molar refractivity (Wildman–Crippen MR) is 119 cm³/mol. The zero-order valence-corrected chi connectivity index (χ0v) is 18.4. The molecule has 0 aliphatic heterocycles. The smallest absolute Gasteiger partial charge is 0.0259 e. The number of allylic oxidation sites excluding steroid dienone is 3. The third-order valence-electron chi connectivity index (χ3n) is 4.31. The molecule has 0 spiro atoms. The van der Waals surface area contributed by atoms with Gasteiger partial charge < -0.3 is 0 Å². The Kier molecular flexibility index (Phi) is 6.76. The molecule has 0 saturated heterocycles. The van der Waals surface area contributed by atoms with Gasteiger partial charge in [0.15, 0.2) is 0 Å². The Balaban J connectivity index is 2.56. The zero-order valence-electron chi connectivity index (χ0n) is 16.0. The Labute approximate surface area is 165 Å². The fraction of sp³-hybridized carbons (Fsp3) is 0.304. The van der Waals surface area contributed by atoms with Crippen LogP contribution in [0.4, 0.5) is 0 Å². The average Bonchev–Trinajstić information content (AvgIpc) is 2.59. The van der Waals surface area contributed by atoms with Crippen molar-refractivity contribution >= 4 is 38.2 Å². The second kappa shape index (κ2) is 8.42. The number of hydrogen-bond donors (Lipinski definition) is 0. The molecule has 0 unspecified atom stereocenters. The van der Waals surface area contributed by atoms with E-state index in [0.717, 1.165) is 4.47 Å². The lowest BCUT2D eigenvalue weighted by molar-refractivity contribution is 0.590. The summed E-state index contributed by atoms with van der Waals surface area (Å²) >= 11 is 5.56. The third kappa shape index (κ3) is 5.12. The fourth-order valence-electron chi connectivity index (χ4n) is 2.55. The molecule has 2 heteroatoms. The summed E-state index contributed by atoms with van der Waals surface area (Å²) in [6.07, 6.45) is 2.16. The molecule has 0 fully saturated rings. The highest BCUT2D eigenvalue weighted by Crippen LogP contribution is 2.42. The van der Waals surface area contributed by atoms with Gasteiger partial charge in [-0.3, -0.25) is 0 Å². The van der Waals surface area contributed by atoms with E-state index in [-0.39, 0.29) is 5.41 Å². The van der Waals surface area contributed by atoms with Crippen molar-refractivity contribution in [1.82, 2.24) is 0 Å². The van der Waals surface area contributed by atoms with Crippen molar-refractivity contribution in [2.24, 2.45) is 0 Å². The molecule has 132 valence electrons. The molecule has 0 aliphatic rings. The number of rotatable bonds is 4. The minimum atomic E-state index is 0.178. The van der Waals surface area contributed by atoms with Gasteiger partial charge in [-0.05, 0) is 53.9 Å². The first-order valence-corrected chi connectivity index (χ1v) is 10.2. The summed E-state index contributed by atoms with van der Waals surface area (Å²) in [5.41, 5.74) is 5.36. The number of thioether (sulfide) groups is 1. The Morgan fingerprint density at radius 1 is 0.960 bits per heavy atom. The van der Waals surface area contributed by atoms with Crippen molar-refractivity contribution in [3.05, 3.63) is 80.7 Å². The molecule has 2 aromatic rings. The first-order chi connectivity index (χ1) is 11.7. The van der Waals surface area contributed by atoms with Crippen LogP contribution in [0.3, 0.4) is 0 Å². The van der Waals surface area contributed by atoms with E-state index in [1.54, 1.807) is 0 Å². The molecule has 0 atom stereocenters. The Hall–Kier alpha value is -1.25. The second-order valence-electron chi connectivity index (χ2n) is 7.26. The van der Waals surface area contributed by atoms with Crippen LogP contribution in [0.2, 0.25) is 0 Å². The molecule has 0 heterocycles. The van der Waals surface area contributed by atoms with Crippen LogP contribution in [0.25, 0.3) is 10.5 Å². The molecule has 0 amide bonds. The van der Waals surface area contributed by atoms with Crippen molar-refractivity contribution in [2.75, 3.05) is 0 Å². The van der Waals surface area contributed by atoms with Crippen molar-refractivity contribution in [1.29, 1.82) is 0 Å². The molecule has 0 N–H and O–H groups in total. The lowest BCUT2D eigenvalue weighted by Gasteiger charge is -2.20. The quantitative estimate of drug-likeness (QED) is 0.453. The van der Waals surface area contributed by atoms with Crippen molar-refractivity contribution in [2.45, 2.75) is 47.0 Å². The van der Waals surface area contributed by atoms with Crippen LogP contribution in [-0.4, -0.2) is 0 Å².